The fraction of sp³-hybridized carbons (Fsp3) is 0.333. The van der Waals surface area contributed by atoms with Gasteiger partial charge in [-0.25, -0.2) is 24.3 Å². The number of halogens is 2. The lowest BCUT2D eigenvalue weighted by molar-refractivity contribution is 0.0686. The minimum atomic E-state index is -1.30. The van der Waals surface area contributed by atoms with Gasteiger partial charge < -0.3 is 14.7 Å². The molecule has 1 N–H and O–H groups in total. The maximum Gasteiger partial charge on any atom is 0.231 e. The van der Waals surface area contributed by atoms with E-state index in [0.29, 0.717) is 16.5 Å². The maximum absolute atomic E-state index is 14.6. The monoisotopic (exact) mass is 501 g/mol. The molecule has 0 aliphatic carbocycles. The lowest BCUT2D eigenvalue weighted by Crippen LogP contribution is -2.32. The summed E-state index contributed by atoms with van der Waals surface area (Å²) in [6, 6.07) is 5.49. The molecule has 1 aliphatic heterocycles. The van der Waals surface area contributed by atoms with Crippen molar-refractivity contribution in [3.63, 3.8) is 0 Å². The largest absolute Gasteiger partial charge is 0.470 e. The molecule has 0 spiro atoms. The van der Waals surface area contributed by atoms with Crippen LogP contribution in [0.4, 0.5) is 10.1 Å². The Hall–Kier alpha value is -2.88. The van der Waals surface area contributed by atoms with Gasteiger partial charge in [0.1, 0.15) is 29.1 Å². The molecule has 4 rings (SSSR count). The average Bonchev–Trinajstić information content (AvgIpc) is 3.19. The van der Waals surface area contributed by atoms with Crippen molar-refractivity contribution in [3.8, 4) is 11.3 Å². The fourth-order valence-corrected chi connectivity index (χ4v) is 4.28. The molecule has 0 saturated heterocycles. The van der Waals surface area contributed by atoms with Crippen LogP contribution < -0.4 is 4.90 Å². The number of thiazole rings is 1. The minimum absolute atomic E-state index is 0.110. The molecule has 1 atom stereocenters. The summed E-state index contributed by atoms with van der Waals surface area (Å²) in [4.78, 5) is 19.1. The summed E-state index contributed by atoms with van der Waals surface area (Å²) in [5.41, 5.74) is 1.93. The van der Waals surface area contributed by atoms with Gasteiger partial charge in [-0.05, 0) is 46.2 Å². The number of aliphatic imine (C=N–C) groups is 1. The Bertz CT molecular complexity index is 1280. The van der Waals surface area contributed by atoms with E-state index in [9.17, 15) is 9.50 Å². The van der Waals surface area contributed by atoms with Crippen molar-refractivity contribution >= 4 is 34.5 Å². The lowest BCUT2D eigenvalue weighted by atomic mass is 10.0. The summed E-state index contributed by atoms with van der Waals surface area (Å²) in [7, 11) is 0. The van der Waals surface area contributed by atoms with Crippen molar-refractivity contribution in [1.29, 1.82) is 0 Å². The fourth-order valence-electron chi connectivity index (χ4n) is 3.47. The summed E-state index contributed by atoms with van der Waals surface area (Å²) in [5.74, 6) is -0.0856. The van der Waals surface area contributed by atoms with Gasteiger partial charge in [-0.3, -0.25) is 0 Å². The van der Waals surface area contributed by atoms with Gasteiger partial charge in [0, 0.05) is 22.8 Å². The highest BCUT2D eigenvalue weighted by Gasteiger charge is 2.25. The van der Waals surface area contributed by atoms with Crippen molar-refractivity contribution in [2.24, 2.45) is 4.99 Å². The first-order valence-corrected chi connectivity index (χ1v) is 11.9. The number of nitrogens with zero attached hydrogens (tertiary/aromatic N) is 5. The molecule has 34 heavy (non-hydrogen) atoms. The summed E-state index contributed by atoms with van der Waals surface area (Å²) < 4.78 is 20.4. The van der Waals surface area contributed by atoms with E-state index in [1.807, 2.05) is 43.2 Å². The Kier molecular flexibility index (Phi) is 6.71. The topological polar surface area (TPSA) is 83.7 Å². The minimum Gasteiger partial charge on any atom is -0.470 e. The molecule has 0 saturated carbocycles. The van der Waals surface area contributed by atoms with Crippen LogP contribution in [0.1, 0.15) is 42.9 Å². The Balaban J connectivity index is 1.62. The Morgan fingerprint density at radius 1 is 1.26 bits per heavy atom. The molecular formula is C24H25ClFN5O2S. The van der Waals surface area contributed by atoms with Crippen LogP contribution in [0.2, 0.25) is 0 Å². The van der Waals surface area contributed by atoms with Crippen molar-refractivity contribution in [1.82, 2.24) is 15.0 Å². The van der Waals surface area contributed by atoms with E-state index < -0.39 is 11.4 Å². The van der Waals surface area contributed by atoms with Crippen LogP contribution in [0.15, 0.2) is 46.0 Å². The quantitative estimate of drug-likeness (QED) is 0.501. The van der Waals surface area contributed by atoms with Gasteiger partial charge in [0.15, 0.2) is 11.6 Å². The molecule has 178 valence electrons. The van der Waals surface area contributed by atoms with Crippen LogP contribution >= 0.6 is 22.9 Å². The Morgan fingerprint density at radius 3 is 2.71 bits per heavy atom. The molecule has 0 fully saturated rings. The summed E-state index contributed by atoms with van der Waals surface area (Å²) in [6.45, 7) is 9.20. The highest BCUT2D eigenvalue weighted by Crippen LogP contribution is 2.33. The van der Waals surface area contributed by atoms with Crippen LogP contribution in [0.5, 0.6) is 0 Å². The van der Waals surface area contributed by atoms with Crippen molar-refractivity contribution in [3.05, 3.63) is 68.9 Å². The predicted octanol–water partition coefficient (Wildman–Crippen LogP) is 5.44. The first-order chi connectivity index (χ1) is 16.0. The molecule has 1 aliphatic rings. The summed E-state index contributed by atoms with van der Waals surface area (Å²) in [6.07, 6.45) is 2.52. The van der Waals surface area contributed by atoms with E-state index in [1.165, 1.54) is 0 Å². The zero-order valence-electron chi connectivity index (χ0n) is 19.5. The normalized spacial score (nSPS) is 16.4. The molecule has 1 aromatic carbocycles. The molecular weight excluding hydrogens is 477 g/mol. The van der Waals surface area contributed by atoms with E-state index in [1.54, 1.807) is 37.5 Å². The van der Waals surface area contributed by atoms with Gasteiger partial charge in [-0.2, -0.15) is 0 Å². The number of aryl methyl sites for hydroxylation is 2. The van der Waals surface area contributed by atoms with Crippen LogP contribution in [0, 0.1) is 19.7 Å². The van der Waals surface area contributed by atoms with E-state index in [2.05, 4.69) is 19.9 Å². The van der Waals surface area contributed by atoms with Gasteiger partial charge >= 0.3 is 0 Å². The van der Waals surface area contributed by atoms with Crippen LogP contribution in [-0.2, 0) is 16.9 Å². The molecule has 3 aromatic rings. The summed E-state index contributed by atoms with van der Waals surface area (Å²) >= 11 is 8.06. The third-order valence-electron chi connectivity index (χ3n) is 5.24. The third-order valence-corrected chi connectivity index (χ3v) is 6.32. The van der Waals surface area contributed by atoms with Crippen molar-refractivity contribution < 1.29 is 14.2 Å². The Morgan fingerprint density at radius 2 is 2.03 bits per heavy atom. The number of anilines is 1. The first-order valence-electron chi connectivity index (χ1n) is 10.7. The molecule has 0 radical (unpaired) electrons. The third kappa shape index (κ3) is 5.11. The number of rotatable bonds is 5. The standard InChI is InChI=1S/C24H25ClFN5O2S/c1-13-6-7-16(21-19(26)9-27-23(30-21)24(4,5)32)8-20(13)31-10-18(25)22(28-14(31)2)33-11-17-12-34-15(3)29-17/h6-10,12,14,32H,11H2,1-5H3. The number of hydrogen-bond acceptors (Lipinski definition) is 8. The van der Waals surface area contributed by atoms with E-state index in [-0.39, 0.29) is 24.3 Å². The second-order valence-electron chi connectivity index (χ2n) is 8.55. The van der Waals surface area contributed by atoms with Crippen LogP contribution in [0.3, 0.4) is 0 Å². The molecule has 0 bridgehead atoms. The lowest BCUT2D eigenvalue weighted by Gasteiger charge is -2.31. The van der Waals surface area contributed by atoms with Crippen LogP contribution in [0.25, 0.3) is 11.3 Å². The van der Waals surface area contributed by atoms with Gasteiger partial charge in [-0.1, -0.05) is 23.7 Å². The molecule has 3 heterocycles. The summed E-state index contributed by atoms with van der Waals surface area (Å²) in [5, 5.41) is 13.5. The van der Waals surface area contributed by atoms with Crippen molar-refractivity contribution in [2.45, 2.75) is 53.0 Å². The van der Waals surface area contributed by atoms with E-state index in [0.717, 1.165) is 28.1 Å². The molecule has 1 unspecified atom stereocenters. The zero-order chi connectivity index (χ0) is 24.6. The number of aromatic nitrogens is 3. The molecule has 10 heteroatoms. The zero-order valence-corrected chi connectivity index (χ0v) is 21.1. The van der Waals surface area contributed by atoms with E-state index >= 15 is 0 Å². The highest BCUT2D eigenvalue weighted by atomic mass is 35.5. The van der Waals surface area contributed by atoms with Gasteiger partial charge in [0.25, 0.3) is 0 Å². The van der Waals surface area contributed by atoms with Gasteiger partial charge in [-0.15, -0.1) is 11.3 Å². The maximum atomic E-state index is 14.6. The van der Waals surface area contributed by atoms with Crippen molar-refractivity contribution in [2.75, 3.05) is 4.90 Å². The average molecular weight is 502 g/mol. The number of hydrogen-bond donors (Lipinski definition) is 1. The Labute approximate surface area is 206 Å². The number of benzene rings is 1. The van der Waals surface area contributed by atoms with Crippen LogP contribution in [-0.4, -0.2) is 32.1 Å². The predicted molar refractivity (Wildman–Crippen MR) is 132 cm³/mol. The SMILES string of the molecule is Cc1nc(COC2=NC(C)N(c3cc(-c4nc(C(C)(C)O)ncc4F)ccc3C)C=C2Cl)cs1. The second-order valence-corrected chi connectivity index (χ2v) is 10.0. The molecule has 7 nitrogen and oxygen atoms in total. The van der Waals surface area contributed by atoms with E-state index in [4.69, 9.17) is 16.3 Å². The number of ether oxygens (including phenoxy) is 1. The smallest absolute Gasteiger partial charge is 0.231 e. The molecule has 0 amide bonds. The van der Waals surface area contributed by atoms with Gasteiger partial charge in [0.2, 0.25) is 5.90 Å². The molecule has 2 aromatic heterocycles. The second kappa shape index (κ2) is 9.40. The number of aliphatic hydroxyl groups is 1. The highest BCUT2D eigenvalue weighted by molar-refractivity contribution is 7.09. The first kappa shape index (κ1) is 24.3. The van der Waals surface area contributed by atoms with Gasteiger partial charge in [0.05, 0.1) is 16.9 Å².